The van der Waals surface area contributed by atoms with Crippen LogP contribution in [0.5, 0.6) is 0 Å². The number of hydrogen-bond donors (Lipinski definition) is 0. The lowest BCUT2D eigenvalue weighted by molar-refractivity contribution is -0.141. The van der Waals surface area contributed by atoms with Gasteiger partial charge in [-0.2, -0.15) is 23.3 Å². The minimum Gasteiger partial charge on any atom is -0.394 e. The van der Waals surface area contributed by atoms with Crippen molar-refractivity contribution in [1.29, 1.82) is 0 Å². The van der Waals surface area contributed by atoms with Crippen LogP contribution >= 0.6 is 0 Å². The monoisotopic (exact) mass is 435 g/mol. The summed E-state index contributed by atoms with van der Waals surface area (Å²) < 4.78 is 39.8. The molecule has 0 aromatic carbocycles. The molecule has 0 saturated carbocycles. The van der Waals surface area contributed by atoms with E-state index in [0.717, 1.165) is 10.7 Å². The molecule has 0 radical (unpaired) electrons. The van der Waals surface area contributed by atoms with Crippen LogP contribution < -0.4 is 0 Å². The van der Waals surface area contributed by atoms with E-state index in [0.29, 0.717) is 22.8 Å². The van der Waals surface area contributed by atoms with Gasteiger partial charge in [0.25, 0.3) is 0 Å². The first-order valence-corrected chi connectivity index (χ1v) is 9.48. The summed E-state index contributed by atoms with van der Waals surface area (Å²) in [4.78, 5) is 20.5. The van der Waals surface area contributed by atoms with Crippen LogP contribution in [0.4, 0.5) is 19.1 Å². The van der Waals surface area contributed by atoms with Gasteiger partial charge in [0.15, 0.2) is 11.5 Å². The second-order valence-corrected chi connectivity index (χ2v) is 7.41. The van der Waals surface area contributed by atoms with Crippen LogP contribution in [0.2, 0.25) is 0 Å². The van der Waals surface area contributed by atoms with Gasteiger partial charge in [-0.15, -0.1) is 11.6 Å². The van der Waals surface area contributed by atoms with Gasteiger partial charge in [-0.05, 0) is 44.2 Å². The molecule has 0 amide bonds. The van der Waals surface area contributed by atoms with E-state index in [2.05, 4.69) is 24.9 Å². The highest BCUT2D eigenvalue weighted by Crippen LogP contribution is 2.31. The molecule has 0 spiro atoms. The summed E-state index contributed by atoms with van der Waals surface area (Å²) in [5, 5.41) is 3.59. The topological polar surface area (TPSA) is 73.7 Å². The Bertz CT molecular complexity index is 1320. The molecule has 4 rings (SSSR count). The van der Waals surface area contributed by atoms with E-state index in [1.165, 1.54) is 12.4 Å². The summed E-state index contributed by atoms with van der Waals surface area (Å²) in [5.74, 6) is 0.292. The Morgan fingerprint density at radius 3 is 2.22 bits per heavy atom. The summed E-state index contributed by atoms with van der Waals surface area (Å²) in [6.07, 6.45) is -1.80. The third-order valence-corrected chi connectivity index (χ3v) is 4.88. The van der Waals surface area contributed by atoms with Crippen LogP contribution in [0.15, 0.2) is 60.9 Å². The SMILES string of the molecule is [C-]#[N+]c1nccc(-c2cccc(C(C)(C)c3cccc(-n4ccc(C(F)(F)F)n4)n3)n2)n1. The number of rotatable bonds is 4. The van der Waals surface area contributed by atoms with Gasteiger partial charge in [-0.1, -0.05) is 12.1 Å². The summed E-state index contributed by atoms with van der Waals surface area (Å²) in [7, 11) is 0. The molecule has 0 aliphatic heterocycles. The normalized spacial score (nSPS) is 11.9. The Hall–Kier alpha value is -4.13. The molecule has 0 aliphatic carbocycles. The van der Waals surface area contributed by atoms with Crippen molar-refractivity contribution in [3.63, 3.8) is 0 Å². The molecule has 0 bridgehead atoms. The zero-order valence-corrected chi connectivity index (χ0v) is 17.0. The average Bonchev–Trinajstić information content (AvgIpc) is 3.30. The van der Waals surface area contributed by atoms with Crippen molar-refractivity contribution in [2.45, 2.75) is 25.4 Å². The Morgan fingerprint density at radius 1 is 0.844 bits per heavy atom. The average molecular weight is 435 g/mol. The molecule has 32 heavy (non-hydrogen) atoms. The van der Waals surface area contributed by atoms with Gasteiger partial charge in [-0.3, -0.25) is 0 Å². The second kappa shape index (κ2) is 7.85. The zero-order chi connectivity index (χ0) is 22.9. The standard InChI is InChI=1S/C22H16F3N7/c1-21(2,16-7-4-6-14(28-16)15-10-12-27-20(26-3)29-15)17-8-5-9-19(30-17)32-13-11-18(31-32)22(23,24)25/h4-13H,1-2H3. The highest BCUT2D eigenvalue weighted by Gasteiger charge is 2.34. The number of alkyl halides is 3. The van der Waals surface area contributed by atoms with Crippen LogP contribution in [-0.4, -0.2) is 29.7 Å². The van der Waals surface area contributed by atoms with Crippen LogP contribution in [0.3, 0.4) is 0 Å². The maximum atomic E-state index is 12.9. The Balaban J connectivity index is 1.71. The van der Waals surface area contributed by atoms with Crippen molar-refractivity contribution < 1.29 is 13.2 Å². The molecule has 4 aromatic rings. The third kappa shape index (κ3) is 4.05. The first kappa shape index (κ1) is 21.1. The summed E-state index contributed by atoms with van der Waals surface area (Å²) in [5.41, 5.74) is 0.707. The van der Waals surface area contributed by atoms with Gasteiger partial charge in [0.2, 0.25) is 0 Å². The molecule has 0 fully saturated rings. The molecular formula is C22H16F3N7. The van der Waals surface area contributed by atoms with Gasteiger partial charge in [-0.25, -0.2) is 14.6 Å². The number of hydrogen-bond acceptors (Lipinski definition) is 5. The quantitative estimate of drug-likeness (QED) is 0.421. The minimum absolute atomic E-state index is 0.0285. The van der Waals surface area contributed by atoms with E-state index in [-0.39, 0.29) is 11.8 Å². The molecule has 10 heteroatoms. The van der Waals surface area contributed by atoms with Crippen LogP contribution in [0.1, 0.15) is 30.9 Å². The molecule has 0 saturated heterocycles. The second-order valence-electron chi connectivity index (χ2n) is 7.41. The van der Waals surface area contributed by atoms with Crippen molar-refractivity contribution in [2.24, 2.45) is 0 Å². The first-order valence-electron chi connectivity index (χ1n) is 9.48. The van der Waals surface area contributed by atoms with Crippen LogP contribution in [0, 0.1) is 6.57 Å². The predicted octanol–water partition coefficient (Wildman–Crippen LogP) is 5.01. The lowest BCUT2D eigenvalue weighted by Gasteiger charge is -2.24. The lowest BCUT2D eigenvalue weighted by Crippen LogP contribution is -2.23. The van der Waals surface area contributed by atoms with Crippen molar-refractivity contribution >= 4 is 5.95 Å². The smallest absolute Gasteiger partial charge is 0.394 e. The van der Waals surface area contributed by atoms with Gasteiger partial charge < -0.3 is 4.85 Å². The van der Waals surface area contributed by atoms with E-state index >= 15 is 0 Å². The molecular weight excluding hydrogens is 419 g/mol. The molecule has 0 aliphatic rings. The molecule has 4 heterocycles. The minimum atomic E-state index is -4.53. The third-order valence-electron chi connectivity index (χ3n) is 4.88. The fourth-order valence-corrected chi connectivity index (χ4v) is 3.10. The van der Waals surface area contributed by atoms with E-state index in [4.69, 9.17) is 11.6 Å². The Labute approximate surface area is 181 Å². The maximum Gasteiger partial charge on any atom is 0.435 e. The molecule has 0 unspecified atom stereocenters. The van der Waals surface area contributed by atoms with E-state index in [1.807, 2.05) is 26.0 Å². The van der Waals surface area contributed by atoms with Crippen molar-refractivity contribution in [2.75, 3.05) is 0 Å². The molecule has 0 atom stereocenters. The van der Waals surface area contributed by atoms with Crippen molar-refractivity contribution in [3.05, 3.63) is 89.4 Å². The molecule has 160 valence electrons. The number of halogens is 3. The van der Waals surface area contributed by atoms with Crippen LogP contribution in [0.25, 0.3) is 22.1 Å². The molecule has 0 N–H and O–H groups in total. The van der Waals surface area contributed by atoms with Gasteiger partial charge in [0.05, 0.1) is 17.6 Å². The van der Waals surface area contributed by atoms with E-state index in [9.17, 15) is 13.2 Å². The van der Waals surface area contributed by atoms with E-state index < -0.39 is 17.3 Å². The first-order chi connectivity index (χ1) is 15.2. The lowest BCUT2D eigenvalue weighted by atomic mass is 9.84. The van der Waals surface area contributed by atoms with Crippen molar-refractivity contribution in [1.82, 2.24) is 29.7 Å². The fourth-order valence-electron chi connectivity index (χ4n) is 3.10. The van der Waals surface area contributed by atoms with E-state index in [1.54, 1.807) is 30.3 Å². The molecule has 7 nitrogen and oxygen atoms in total. The maximum absolute atomic E-state index is 12.9. The summed E-state index contributed by atoms with van der Waals surface area (Å²) in [6.45, 7) is 10.9. The fraction of sp³-hybridized carbons (Fsp3) is 0.182. The molecule has 4 aromatic heterocycles. The van der Waals surface area contributed by atoms with Gasteiger partial charge in [0.1, 0.15) is 11.4 Å². The van der Waals surface area contributed by atoms with Gasteiger partial charge in [0, 0.05) is 17.7 Å². The summed E-state index contributed by atoms with van der Waals surface area (Å²) in [6, 6.07) is 13.1. The highest BCUT2D eigenvalue weighted by atomic mass is 19.4. The number of pyridine rings is 2. The Kier molecular flexibility index (Phi) is 5.18. The highest BCUT2D eigenvalue weighted by molar-refractivity contribution is 5.56. The number of nitrogens with zero attached hydrogens (tertiary/aromatic N) is 7. The Morgan fingerprint density at radius 2 is 1.53 bits per heavy atom. The van der Waals surface area contributed by atoms with Gasteiger partial charge >= 0.3 is 12.1 Å². The summed E-state index contributed by atoms with van der Waals surface area (Å²) >= 11 is 0. The largest absolute Gasteiger partial charge is 0.435 e. The zero-order valence-electron chi connectivity index (χ0n) is 17.0. The van der Waals surface area contributed by atoms with Crippen LogP contribution in [-0.2, 0) is 11.6 Å². The van der Waals surface area contributed by atoms with Crippen molar-refractivity contribution in [3.8, 4) is 17.2 Å². The number of aromatic nitrogens is 6. The predicted molar refractivity (Wildman–Crippen MR) is 110 cm³/mol.